The van der Waals surface area contributed by atoms with E-state index in [1.165, 1.54) is 54.6 Å². The number of carbonyl (C=O) groups excluding carboxylic acids is 1. The molecular formula is C29H28F2N4O5S. The van der Waals surface area contributed by atoms with E-state index < -0.39 is 32.6 Å². The predicted octanol–water partition coefficient (Wildman–Crippen LogP) is 4.78. The zero-order valence-corrected chi connectivity index (χ0v) is 23.1. The Balaban J connectivity index is 1.65. The summed E-state index contributed by atoms with van der Waals surface area (Å²) in [5.41, 5.74) is 6.62. The summed E-state index contributed by atoms with van der Waals surface area (Å²) < 4.78 is 67.0. The minimum Gasteiger partial charge on any atom is -0.493 e. The van der Waals surface area contributed by atoms with E-state index in [1.54, 1.807) is 18.2 Å². The summed E-state index contributed by atoms with van der Waals surface area (Å²) in [4.78, 5) is 21.3. The first-order chi connectivity index (χ1) is 19.5. The third kappa shape index (κ3) is 7.98. The van der Waals surface area contributed by atoms with E-state index >= 15 is 0 Å². The number of benzene rings is 2. The molecule has 0 bridgehead atoms. The molecule has 0 saturated carbocycles. The van der Waals surface area contributed by atoms with Gasteiger partial charge in [0.25, 0.3) is 15.9 Å². The lowest BCUT2D eigenvalue weighted by Crippen LogP contribution is -2.31. The van der Waals surface area contributed by atoms with Gasteiger partial charge in [-0.1, -0.05) is 32.0 Å². The summed E-state index contributed by atoms with van der Waals surface area (Å²) in [5, 5.41) is -0.447. The maximum Gasteiger partial charge on any atom is 0.281 e. The number of sulfonamides is 1. The number of nitrogens with two attached hydrogens (primary N) is 1. The molecule has 0 saturated heterocycles. The number of nitrogen functional groups attached to an aromatic ring is 1. The molecule has 0 radical (unpaired) electrons. The van der Waals surface area contributed by atoms with Gasteiger partial charge >= 0.3 is 0 Å². The van der Waals surface area contributed by atoms with Gasteiger partial charge in [-0.3, -0.25) is 4.79 Å². The van der Waals surface area contributed by atoms with Gasteiger partial charge in [-0.15, -0.1) is 0 Å². The Kier molecular flexibility index (Phi) is 9.13. The zero-order chi connectivity index (χ0) is 29.6. The summed E-state index contributed by atoms with van der Waals surface area (Å²) >= 11 is 0. The zero-order valence-electron chi connectivity index (χ0n) is 22.3. The third-order valence-electron chi connectivity index (χ3n) is 5.62. The van der Waals surface area contributed by atoms with Crippen molar-refractivity contribution in [2.45, 2.75) is 25.3 Å². The van der Waals surface area contributed by atoms with Crippen LogP contribution in [-0.2, 0) is 16.4 Å². The van der Waals surface area contributed by atoms with Gasteiger partial charge < -0.3 is 15.2 Å². The topological polar surface area (TPSA) is 134 Å². The number of hydrogen-bond donors (Lipinski definition) is 2. The normalized spacial score (nSPS) is 11.3. The van der Waals surface area contributed by atoms with E-state index in [-0.39, 0.29) is 41.9 Å². The van der Waals surface area contributed by atoms with Gasteiger partial charge in [0.05, 0.1) is 18.9 Å². The molecule has 0 atom stereocenters. The van der Waals surface area contributed by atoms with Crippen LogP contribution in [0.15, 0.2) is 77.8 Å². The second-order valence-electron chi connectivity index (χ2n) is 9.49. The standard InChI is InChI=1S/C29H28F2N4O5S/c1-18(2)17-40-23-15-20(14-22(31)16-23)25-10-9-24(28(36)35-41(37,38)27-8-4-7-26(32)34-27)29(33-25)39-12-11-19-5-3-6-21(30)13-19/h3-10,13-16,18H,11-12,17H2,1-2H3,(H2,32,34)(H,35,36). The Morgan fingerprint density at radius 1 is 0.951 bits per heavy atom. The highest BCUT2D eigenvalue weighted by atomic mass is 32.2. The van der Waals surface area contributed by atoms with E-state index in [9.17, 15) is 22.0 Å². The average Bonchev–Trinajstić information content (AvgIpc) is 2.91. The molecule has 3 N–H and O–H groups in total. The minimum absolute atomic E-state index is 0.0182. The van der Waals surface area contributed by atoms with E-state index in [4.69, 9.17) is 15.2 Å². The molecule has 4 aromatic rings. The first-order valence-corrected chi connectivity index (χ1v) is 14.1. The lowest BCUT2D eigenvalue weighted by atomic mass is 10.1. The molecule has 4 rings (SSSR count). The van der Waals surface area contributed by atoms with Crippen molar-refractivity contribution in [3.63, 3.8) is 0 Å². The summed E-state index contributed by atoms with van der Waals surface area (Å²) in [5.74, 6) is -1.74. The van der Waals surface area contributed by atoms with Crippen molar-refractivity contribution in [2.24, 2.45) is 5.92 Å². The first-order valence-electron chi connectivity index (χ1n) is 12.6. The van der Waals surface area contributed by atoms with Crippen LogP contribution >= 0.6 is 0 Å². The van der Waals surface area contributed by atoms with Gasteiger partial charge in [0.15, 0.2) is 5.03 Å². The van der Waals surface area contributed by atoms with Crippen LogP contribution in [0.4, 0.5) is 14.6 Å². The molecule has 1 amide bonds. The van der Waals surface area contributed by atoms with Gasteiger partial charge in [-0.25, -0.2) is 23.5 Å². The molecule has 214 valence electrons. The van der Waals surface area contributed by atoms with Crippen molar-refractivity contribution in [1.29, 1.82) is 0 Å². The predicted molar refractivity (Wildman–Crippen MR) is 149 cm³/mol. The van der Waals surface area contributed by atoms with Gasteiger partial charge in [0.1, 0.15) is 28.8 Å². The van der Waals surface area contributed by atoms with Crippen LogP contribution in [-0.4, -0.2) is 37.5 Å². The van der Waals surface area contributed by atoms with Crippen LogP contribution in [0, 0.1) is 17.6 Å². The second-order valence-corrected chi connectivity index (χ2v) is 11.1. The lowest BCUT2D eigenvalue weighted by Gasteiger charge is -2.14. The first kappa shape index (κ1) is 29.4. The molecule has 2 aromatic carbocycles. The molecule has 2 aromatic heterocycles. The number of hydrogen-bond acceptors (Lipinski definition) is 8. The highest BCUT2D eigenvalue weighted by molar-refractivity contribution is 7.90. The number of carbonyl (C=O) groups is 1. The number of aromatic nitrogens is 2. The van der Waals surface area contributed by atoms with E-state index in [2.05, 4.69) is 9.97 Å². The number of rotatable bonds is 11. The number of amides is 1. The molecule has 41 heavy (non-hydrogen) atoms. The molecule has 0 aliphatic carbocycles. The Hall–Kier alpha value is -4.58. The van der Waals surface area contributed by atoms with Crippen molar-refractivity contribution in [3.05, 3.63) is 95.6 Å². The third-order valence-corrected chi connectivity index (χ3v) is 6.85. The maximum absolute atomic E-state index is 14.4. The van der Waals surface area contributed by atoms with Crippen LogP contribution in [0.25, 0.3) is 11.3 Å². The molecule has 0 unspecified atom stereocenters. The van der Waals surface area contributed by atoms with Gasteiger partial charge in [-0.2, -0.15) is 8.42 Å². The van der Waals surface area contributed by atoms with Crippen LogP contribution in [0.5, 0.6) is 11.6 Å². The molecule has 2 heterocycles. The number of pyridine rings is 2. The number of anilines is 1. The van der Waals surface area contributed by atoms with Crippen molar-refractivity contribution < 1.29 is 31.5 Å². The molecule has 12 heteroatoms. The Bertz CT molecular complexity index is 1670. The SMILES string of the molecule is CC(C)COc1cc(F)cc(-c2ccc(C(=O)NS(=O)(=O)c3cccc(N)n3)c(OCCc3cccc(F)c3)n2)c1. The average molecular weight is 583 g/mol. The van der Waals surface area contributed by atoms with Crippen molar-refractivity contribution in [3.8, 4) is 22.9 Å². The van der Waals surface area contributed by atoms with Crippen LogP contribution in [0.2, 0.25) is 0 Å². The Labute approximate surface area is 236 Å². The summed E-state index contributed by atoms with van der Waals surface area (Å²) in [6.07, 6.45) is 0.267. The largest absolute Gasteiger partial charge is 0.493 e. The number of halogens is 2. The summed E-state index contributed by atoms with van der Waals surface area (Å²) in [6.45, 7) is 4.28. The molecular weight excluding hydrogens is 554 g/mol. The number of ether oxygens (including phenoxy) is 2. The van der Waals surface area contributed by atoms with Crippen LogP contribution in [0.1, 0.15) is 29.8 Å². The quantitative estimate of drug-likeness (QED) is 0.258. The van der Waals surface area contributed by atoms with Gasteiger partial charge in [0, 0.05) is 18.1 Å². The Morgan fingerprint density at radius 3 is 2.46 bits per heavy atom. The fourth-order valence-corrected chi connectivity index (χ4v) is 4.65. The number of nitrogens with zero attached hydrogens (tertiary/aromatic N) is 2. The van der Waals surface area contributed by atoms with Gasteiger partial charge in [0.2, 0.25) is 5.88 Å². The van der Waals surface area contributed by atoms with Crippen molar-refractivity contribution in [2.75, 3.05) is 18.9 Å². The maximum atomic E-state index is 14.4. The Morgan fingerprint density at radius 2 is 1.73 bits per heavy atom. The molecule has 0 aliphatic rings. The lowest BCUT2D eigenvalue weighted by molar-refractivity contribution is 0.0976. The highest BCUT2D eigenvalue weighted by Crippen LogP contribution is 2.28. The van der Waals surface area contributed by atoms with E-state index in [1.807, 2.05) is 18.6 Å². The summed E-state index contributed by atoms with van der Waals surface area (Å²) in [7, 11) is -4.38. The van der Waals surface area contributed by atoms with Crippen molar-refractivity contribution >= 4 is 21.7 Å². The molecule has 0 fully saturated rings. The fraction of sp³-hybridized carbons (Fsp3) is 0.207. The minimum atomic E-state index is -4.38. The van der Waals surface area contributed by atoms with Gasteiger partial charge in [-0.05, 0) is 60.0 Å². The molecule has 0 spiro atoms. The van der Waals surface area contributed by atoms with E-state index in [0.29, 0.717) is 23.5 Å². The van der Waals surface area contributed by atoms with Crippen LogP contribution in [0.3, 0.4) is 0 Å². The smallest absolute Gasteiger partial charge is 0.281 e. The molecule has 0 aliphatic heterocycles. The van der Waals surface area contributed by atoms with Crippen LogP contribution < -0.4 is 19.9 Å². The second kappa shape index (κ2) is 12.7. The van der Waals surface area contributed by atoms with E-state index in [0.717, 1.165) is 0 Å². The fourth-order valence-electron chi connectivity index (χ4n) is 3.71. The van der Waals surface area contributed by atoms with Crippen molar-refractivity contribution in [1.82, 2.24) is 14.7 Å². The highest BCUT2D eigenvalue weighted by Gasteiger charge is 2.24. The monoisotopic (exact) mass is 582 g/mol. The summed E-state index contributed by atoms with van der Waals surface area (Å²) in [6, 6.07) is 16.7. The number of nitrogens with one attached hydrogen (secondary N) is 1. The molecule has 9 nitrogen and oxygen atoms in total.